The first-order valence-electron chi connectivity index (χ1n) is 6.19. The summed E-state index contributed by atoms with van der Waals surface area (Å²) in [6.45, 7) is 6.47. The van der Waals surface area contributed by atoms with Crippen LogP contribution in [0.15, 0.2) is 18.2 Å². The normalized spacial score (nSPS) is 12.1. The van der Waals surface area contributed by atoms with Crippen molar-refractivity contribution >= 4 is 0 Å². The fourth-order valence-electron chi connectivity index (χ4n) is 2.26. The molecule has 0 bridgehead atoms. The number of rotatable bonds is 5. The summed E-state index contributed by atoms with van der Waals surface area (Å²) in [5.74, 6) is 2.90. The largest absolute Gasteiger partial charge is 0.0809 e. The topological polar surface area (TPSA) is 0 Å². The summed E-state index contributed by atoms with van der Waals surface area (Å²) in [6, 6.07) is 6.35. The molecular weight excluding hydrogens is 192 g/mol. The monoisotopic (exact) mass is 213 g/mol. The average Bonchev–Trinajstić information content (AvgIpc) is 2.26. The van der Waals surface area contributed by atoms with Crippen LogP contribution >= 0.6 is 0 Å². The molecule has 0 heteroatoms. The molecule has 0 aliphatic carbocycles. The van der Waals surface area contributed by atoms with Crippen molar-refractivity contribution in [1.82, 2.24) is 0 Å². The highest BCUT2D eigenvalue weighted by Crippen LogP contribution is 2.27. The Morgan fingerprint density at radius 3 is 2.31 bits per heavy atom. The van der Waals surface area contributed by atoms with Gasteiger partial charge in [0.05, 0.1) is 0 Å². The standard InChI is InChI=1S/C16H21/c1-5-7-8-12-15(6-2)16-13(3)10-9-11-14(16)4/h9-11,15H,5,7-8,12H2,1,3-4H3. The lowest BCUT2D eigenvalue weighted by Gasteiger charge is -2.16. The van der Waals surface area contributed by atoms with Crippen LogP contribution in [-0.4, -0.2) is 0 Å². The van der Waals surface area contributed by atoms with E-state index in [0.717, 1.165) is 6.42 Å². The first kappa shape index (κ1) is 12.8. The first-order valence-corrected chi connectivity index (χ1v) is 6.19. The molecule has 1 radical (unpaired) electrons. The van der Waals surface area contributed by atoms with E-state index in [4.69, 9.17) is 6.42 Å². The second-order valence-corrected chi connectivity index (χ2v) is 4.50. The minimum absolute atomic E-state index is 0.188. The zero-order chi connectivity index (χ0) is 12.0. The molecule has 0 aliphatic rings. The molecule has 1 atom stereocenters. The fourth-order valence-corrected chi connectivity index (χ4v) is 2.26. The molecule has 0 aromatic heterocycles. The second-order valence-electron chi connectivity index (χ2n) is 4.50. The van der Waals surface area contributed by atoms with Crippen molar-refractivity contribution in [3.63, 3.8) is 0 Å². The average molecular weight is 213 g/mol. The first-order chi connectivity index (χ1) is 7.70. The Balaban J connectivity index is 2.83. The zero-order valence-electron chi connectivity index (χ0n) is 10.6. The minimum atomic E-state index is 0.188. The number of aryl methyl sites for hydroxylation is 2. The van der Waals surface area contributed by atoms with Crippen molar-refractivity contribution in [2.45, 2.75) is 52.4 Å². The summed E-state index contributed by atoms with van der Waals surface area (Å²) in [5, 5.41) is 0. The van der Waals surface area contributed by atoms with E-state index in [1.54, 1.807) is 0 Å². The molecule has 0 heterocycles. The lowest BCUT2D eigenvalue weighted by Crippen LogP contribution is -2.01. The SMILES string of the molecule is [C]#CC(CCCCC)c1c(C)cccc1C. The molecule has 0 N–H and O–H groups in total. The molecule has 1 aromatic carbocycles. The quantitative estimate of drug-likeness (QED) is 0.497. The molecule has 0 spiro atoms. The van der Waals surface area contributed by atoms with Gasteiger partial charge >= 0.3 is 0 Å². The maximum atomic E-state index is 7.48. The number of unbranched alkanes of at least 4 members (excludes halogenated alkanes) is 2. The third-order valence-electron chi connectivity index (χ3n) is 3.16. The second kappa shape index (κ2) is 6.38. The molecule has 0 nitrogen and oxygen atoms in total. The van der Waals surface area contributed by atoms with Gasteiger partial charge in [0.25, 0.3) is 0 Å². The van der Waals surface area contributed by atoms with Gasteiger partial charge in [-0.05, 0) is 43.4 Å². The third-order valence-corrected chi connectivity index (χ3v) is 3.16. The Morgan fingerprint density at radius 1 is 1.19 bits per heavy atom. The summed E-state index contributed by atoms with van der Waals surface area (Å²) < 4.78 is 0. The van der Waals surface area contributed by atoms with E-state index >= 15 is 0 Å². The van der Waals surface area contributed by atoms with Crippen LogP contribution < -0.4 is 0 Å². The minimum Gasteiger partial charge on any atom is -0.0809 e. The highest BCUT2D eigenvalue weighted by atomic mass is 14.2. The maximum absolute atomic E-state index is 7.48. The maximum Gasteiger partial charge on any atom is 0.0467 e. The molecule has 0 aliphatic heterocycles. The van der Waals surface area contributed by atoms with Crippen LogP contribution in [0.3, 0.4) is 0 Å². The predicted molar refractivity (Wildman–Crippen MR) is 69.9 cm³/mol. The third kappa shape index (κ3) is 3.14. The summed E-state index contributed by atoms with van der Waals surface area (Å²) in [6.07, 6.45) is 12.2. The van der Waals surface area contributed by atoms with Gasteiger partial charge in [0, 0.05) is 5.92 Å². The van der Waals surface area contributed by atoms with Gasteiger partial charge in [-0.2, -0.15) is 0 Å². The number of benzene rings is 1. The van der Waals surface area contributed by atoms with Crippen molar-refractivity contribution in [3.8, 4) is 5.92 Å². The van der Waals surface area contributed by atoms with Crippen LogP contribution in [0.5, 0.6) is 0 Å². The summed E-state index contributed by atoms with van der Waals surface area (Å²) in [7, 11) is 0. The molecule has 1 rings (SSSR count). The molecule has 85 valence electrons. The Bertz CT molecular complexity index is 348. The highest BCUT2D eigenvalue weighted by Gasteiger charge is 2.12. The van der Waals surface area contributed by atoms with Crippen LogP contribution in [0.4, 0.5) is 0 Å². The van der Waals surface area contributed by atoms with Gasteiger partial charge in [-0.25, -0.2) is 0 Å². The Labute approximate surface area is 100 Å². The van der Waals surface area contributed by atoms with Crippen molar-refractivity contribution in [1.29, 1.82) is 0 Å². The van der Waals surface area contributed by atoms with E-state index in [0.29, 0.717) is 0 Å². The zero-order valence-corrected chi connectivity index (χ0v) is 10.6. The van der Waals surface area contributed by atoms with Gasteiger partial charge in [0.1, 0.15) is 0 Å². The van der Waals surface area contributed by atoms with Crippen molar-refractivity contribution in [2.75, 3.05) is 0 Å². The van der Waals surface area contributed by atoms with Gasteiger partial charge in [-0.1, -0.05) is 50.3 Å². The van der Waals surface area contributed by atoms with E-state index in [2.05, 4.69) is 44.9 Å². The molecule has 0 saturated heterocycles. The molecule has 0 saturated carbocycles. The van der Waals surface area contributed by atoms with Crippen LogP contribution in [0.2, 0.25) is 0 Å². The highest BCUT2D eigenvalue weighted by molar-refractivity contribution is 5.39. The molecule has 1 unspecified atom stereocenters. The van der Waals surface area contributed by atoms with Crippen molar-refractivity contribution in [3.05, 3.63) is 41.3 Å². The van der Waals surface area contributed by atoms with Gasteiger partial charge in [0.2, 0.25) is 0 Å². The molecule has 1 aromatic rings. The Morgan fingerprint density at radius 2 is 1.81 bits per heavy atom. The van der Waals surface area contributed by atoms with Gasteiger partial charge in [0.15, 0.2) is 0 Å². The summed E-state index contributed by atoms with van der Waals surface area (Å²) >= 11 is 0. The van der Waals surface area contributed by atoms with Crippen LogP contribution in [0.1, 0.15) is 55.2 Å². The van der Waals surface area contributed by atoms with E-state index in [9.17, 15) is 0 Å². The summed E-state index contributed by atoms with van der Waals surface area (Å²) in [4.78, 5) is 0. The molecule has 16 heavy (non-hydrogen) atoms. The van der Waals surface area contributed by atoms with Crippen molar-refractivity contribution in [2.24, 2.45) is 0 Å². The molecular formula is C16H21. The fraction of sp³-hybridized carbons (Fsp3) is 0.500. The molecule has 0 amide bonds. The lowest BCUT2D eigenvalue weighted by molar-refractivity contribution is 0.634. The Hall–Kier alpha value is -1.22. The van der Waals surface area contributed by atoms with E-state index < -0.39 is 0 Å². The van der Waals surface area contributed by atoms with Crippen LogP contribution in [0.25, 0.3) is 0 Å². The van der Waals surface area contributed by atoms with E-state index in [1.807, 2.05) is 0 Å². The van der Waals surface area contributed by atoms with E-state index in [1.165, 1.54) is 36.0 Å². The number of hydrogen-bond donors (Lipinski definition) is 0. The van der Waals surface area contributed by atoms with Crippen LogP contribution in [-0.2, 0) is 0 Å². The van der Waals surface area contributed by atoms with Gasteiger partial charge < -0.3 is 0 Å². The van der Waals surface area contributed by atoms with Crippen LogP contribution in [0, 0.1) is 26.2 Å². The number of hydrogen-bond acceptors (Lipinski definition) is 0. The predicted octanol–water partition coefficient (Wildman–Crippen LogP) is 4.56. The van der Waals surface area contributed by atoms with Gasteiger partial charge in [-0.15, -0.1) is 0 Å². The molecule has 0 fully saturated rings. The summed E-state index contributed by atoms with van der Waals surface area (Å²) in [5.41, 5.74) is 3.90. The van der Waals surface area contributed by atoms with Gasteiger partial charge in [-0.3, -0.25) is 0 Å². The van der Waals surface area contributed by atoms with E-state index in [-0.39, 0.29) is 5.92 Å². The lowest BCUT2D eigenvalue weighted by atomic mass is 9.87. The van der Waals surface area contributed by atoms with Crippen molar-refractivity contribution < 1.29 is 0 Å². The smallest absolute Gasteiger partial charge is 0.0467 e. The Kier molecular flexibility index (Phi) is 5.12.